The largest absolute Gasteiger partial charge is 0.324 e. The molecule has 9 nitrogen and oxygen atoms in total. The molecule has 0 saturated heterocycles. The van der Waals surface area contributed by atoms with E-state index in [0.717, 1.165) is 11.0 Å². The summed E-state index contributed by atoms with van der Waals surface area (Å²) in [5.41, 5.74) is 0.116. The third kappa shape index (κ3) is 4.26. The number of benzene rings is 4. The van der Waals surface area contributed by atoms with Gasteiger partial charge in [0.25, 0.3) is 23.6 Å². The first-order valence-electron chi connectivity index (χ1n) is 12.9. The molecule has 4 aromatic rings. The van der Waals surface area contributed by atoms with Gasteiger partial charge in [0, 0.05) is 5.56 Å². The van der Waals surface area contributed by atoms with E-state index in [1.54, 1.807) is 24.3 Å². The number of ketones is 1. The van der Waals surface area contributed by atoms with Crippen molar-refractivity contribution < 1.29 is 33.2 Å². The van der Waals surface area contributed by atoms with Gasteiger partial charge in [0.2, 0.25) is 5.91 Å². The van der Waals surface area contributed by atoms with Crippen LogP contribution in [0.5, 0.6) is 0 Å². The zero-order chi connectivity index (χ0) is 29.5. The van der Waals surface area contributed by atoms with Gasteiger partial charge in [-0.05, 0) is 48.5 Å². The van der Waals surface area contributed by atoms with E-state index >= 15 is 0 Å². The predicted octanol–water partition coefficient (Wildman–Crippen LogP) is 3.96. The third-order valence-electron chi connectivity index (χ3n) is 7.22. The number of anilines is 1. The smallest absolute Gasteiger partial charge is 0.262 e. The van der Waals surface area contributed by atoms with Gasteiger partial charge in [-0.3, -0.25) is 38.6 Å². The van der Waals surface area contributed by atoms with Crippen molar-refractivity contribution in [1.29, 1.82) is 0 Å². The Morgan fingerprint density at radius 3 is 1.62 bits per heavy atom. The van der Waals surface area contributed by atoms with Crippen LogP contribution >= 0.6 is 0 Å². The highest BCUT2D eigenvalue weighted by Gasteiger charge is 2.46. The summed E-state index contributed by atoms with van der Waals surface area (Å²) in [6, 6.07) is 21.7. The van der Waals surface area contributed by atoms with Crippen molar-refractivity contribution >= 4 is 41.0 Å². The predicted molar refractivity (Wildman–Crippen MR) is 147 cm³/mol. The van der Waals surface area contributed by atoms with Crippen molar-refractivity contribution in [2.24, 2.45) is 0 Å². The molecule has 1 atom stereocenters. The van der Waals surface area contributed by atoms with E-state index in [1.807, 2.05) is 0 Å². The van der Waals surface area contributed by atoms with Gasteiger partial charge >= 0.3 is 0 Å². The topological polar surface area (TPSA) is 121 Å². The van der Waals surface area contributed by atoms with Gasteiger partial charge in [-0.2, -0.15) is 0 Å². The highest BCUT2D eigenvalue weighted by Crippen LogP contribution is 2.29. The molecule has 6 rings (SSSR count). The second kappa shape index (κ2) is 10.3. The molecule has 206 valence electrons. The summed E-state index contributed by atoms with van der Waals surface area (Å²) in [4.78, 5) is 81.8. The number of fused-ring (bicyclic) bond motifs is 2. The van der Waals surface area contributed by atoms with Crippen LogP contribution in [0.1, 0.15) is 57.4 Å². The zero-order valence-electron chi connectivity index (χ0n) is 21.7. The summed E-state index contributed by atoms with van der Waals surface area (Å²) >= 11 is 0. The molecule has 42 heavy (non-hydrogen) atoms. The lowest BCUT2D eigenvalue weighted by Crippen LogP contribution is -2.54. The summed E-state index contributed by atoms with van der Waals surface area (Å²) in [5.74, 6) is -5.30. The first kappa shape index (κ1) is 26.5. The number of hydrogen-bond acceptors (Lipinski definition) is 6. The molecule has 1 unspecified atom stereocenters. The van der Waals surface area contributed by atoms with Crippen LogP contribution in [0, 0.1) is 5.82 Å². The average Bonchev–Trinajstić information content (AvgIpc) is 3.40. The molecule has 10 heteroatoms. The zero-order valence-corrected chi connectivity index (χ0v) is 21.7. The Kier molecular flexibility index (Phi) is 6.50. The first-order chi connectivity index (χ1) is 20.3. The second-order valence-electron chi connectivity index (χ2n) is 9.65. The molecule has 0 saturated carbocycles. The molecule has 1 N–H and O–H groups in total. The highest BCUT2D eigenvalue weighted by molar-refractivity contribution is 6.25. The van der Waals surface area contributed by atoms with Crippen LogP contribution in [0.4, 0.5) is 10.1 Å². The number of nitrogens with one attached hydrogen (secondary N) is 1. The standard InChI is InChI=1S/C32H20FN3O6/c33-24-15-7-5-13-22(24)27(37)23-14-6-8-16-25(23)34-28(38)26(36-31(41)20-11-3-4-12-21(20)32(36)42)17-35-29(39)18-9-1-2-10-19(18)30(35)40/h1-16,26H,17H2,(H,34,38). The van der Waals surface area contributed by atoms with Crippen LogP contribution in [0.15, 0.2) is 97.1 Å². The van der Waals surface area contributed by atoms with Gasteiger partial charge in [0.05, 0.1) is 40.0 Å². The summed E-state index contributed by atoms with van der Waals surface area (Å²) in [5, 5.41) is 2.57. The van der Waals surface area contributed by atoms with Crippen LogP contribution in [0.25, 0.3) is 0 Å². The summed E-state index contributed by atoms with van der Waals surface area (Å²) in [7, 11) is 0. The molecule has 4 aromatic carbocycles. The number of para-hydroxylation sites is 1. The number of carbonyl (C=O) groups is 6. The minimum absolute atomic E-state index is 0.0141. The molecule has 0 spiro atoms. The van der Waals surface area contributed by atoms with Gasteiger partial charge in [-0.25, -0.2) is 4.39 Å². The van der Waals surface area contributed by atoms with E-state index in [4.69, 9.17) is 0 Å². The van der Waals surface area contributed by atoms with Gasteiger partial charge < -0.3 is 5.32 Å². The van der Waals surface area contributed by atoms with E-state index < -0.39 is 53.7 Å². The normalized spacial score (nSPS) is 14.6. The van der Waals surface area contributed by atoms with E-state index in [2.05, 4.69) is 5.32 Å². The van der Waals surface area contributed by atoms with Crippen molar-refractivity contribution in [3.05, 3.63) is 136 Å². The lowest BCUT2D eigenvalue weighted by atomic mass is 10.0. The number of halogens is 1. The van der Waals surface area contributed by atoms with Gasteiger partial charge in [-0.1, -0.05) is 48.5 Å². The van der Waals surface area contributed by atoms with Crippen LogP contribution < -0.4 is 5.32 Å². The third-order valence-corrected chi connectivity index (χ3v) is 7.22. The quantitative estimate of drug-likeness (QED) is 0.269. The Hall–Kier alpha value is -5.77. The molecule has 2 aliphatic rings. The molecule has 2 aliphatic heterocycles. The molecular formula is C32H20FN3O6. The second-order valence-corrected chi connectivity index (χ2v) is 9.65. The molecule has 0 radical (unpaired) electrons. The van der Waals surface area contributed by atoms with Crippen molar-refractivity contribution in [3.8, 4) is 0 Å². The fourth-order valence-corrected chi connectivity index (χ4v) is 5.15. The van der Waals surface area contributed by atoms with Crippen LogP contribution in [-0.4, -0.2) is 57.7 Å². The number of amides is 5. The molecule has 0 bridgehead atoms. The summed E-state index contributed by atoms with van der Waals surface area (Å²) in [6.45, 7) is -0.632. The molecule has 0 aromatic heterocycles. The molecular weight excluding hydrogens is 541 g/mol. The van der Waals surface area contributed by atoms with Crippen LogP contribution in [0.2, 0.25) is 0 Å². The Morgan fingerprint density at radius 2 is 1.07 bits per heavy atom. The van der Waals surface area contributed by atoms with Crippen LogP contribution in [0.3, 0.4) is 0 Å². The minimum atomic E-state index is -1.66. The van der Waals surface area contributed by atoms with Crippen molar-refractivity contribution in [2.45, 2.75) is 6.04 Å². The monoisotopic (exact) mass is 561 g/mol. The fraction of sp³-hybridized carbons (Fsp3) is 0.0625. The van der Waals surface area contributed by atoms with Gasteiger partial charge in [0.15, 0.2) is 5.78 Å². The van der Waals surface area contributed by atoms with E-state index in [-0.39, 0.29) is 39.1 Å². The Bertz CT molecular complexity index is 1780. The fourth-order valence-electron chi connectivity index (χ4n) is 5.15. The number of rotatable bonds is 7. The summed E-state index contributed by atoms with van der Waals surface area (Å²) in [6.07, 6.45) is 0. The molecule has 5 amide bonds. The van der Waals surface area contributed by atoms with Crippen molar-refractivity contribution in [3.63, 3.8) is 0 Å². The van der Waals surface area contributed by atoms with Crippen molar-refractivity contribution in [2.75, 3.05) is 11.9 Å². The SMILES string of the molecule is O=C(c1ccccc1F)c1ccccc1NC(=O)C(CN1C(=O)c2ccccc2C1=O)N1C(=O)c2ccccc2C1=O. The lowest BCUT2D eigenvalue weighted by molar-refractivity contribution is -0.120. The van der Waals surface area contributed by atoms with Gasteiger partial charge in [-0.15, -0.1) is 0 Å². The van der Waals surface area contributed by atoms with Gasteiger partial charge in [0.1, 0.15) is 11.9 Å². The highest BCUT2D eigenvalue weighted by atomic mass is 19.1. The van der Waals surface area contributed by atoms with Crippen LogP contribution in [-0.2, 0) is 4.79 Å². The Morgan fingerprint density at radius 1 is 0.619 bits per heavy atom. The molecule has 2 heterocycles. The van der Waals surface area contributed by atoms with E-state index in [1.165, 1.54) is 66.7 Å². The van der Waals surface area contributed by atoms with Crippen molar-refractivity contribution in [1.82, 2.24) is 9.80 Å². The number of carbonyl (C=O) groups excluding carboxylic acids is 6. The number of hydrogen-bond donors (Lipinski definition) is 1. The maximum Gasteiger partial charge on any atom is 0.262 e. The number of nitrogens with zero attached hydrogens (tertiary/aromatic N) is 2. The van der Waals surface area contributed by atoms with E-state index in [9.17, 15) is 33.2 Å². The lowest BCUT2D eigenvalue weighted by Gasteiger charge is -2.28. The minimum Gasteiger partial charge on any atom is -0.324 e. The maximum atomic E-state index is 14.4. The number of imide groups is 2. The Balaban J connectivity index is 1.37. The molecule has 0 aliphatic carbocycles. The summed E-state index contributed by atoms with van der Waals surface area (Å²) < 4.78 is 14.4. The maximum absolute atomic E-state index is 14.4. The average molecular weight is 562 g/mol. The first-order valence-corrected chi connectivity index (χ1v) is 12.9. The molecule has 0 fully saturated rings. The Labute approximate surface area is 238 Å². The van der Waals surface area contributed by atoms with E-state index in [0.29, 0.717) is 4.90 Å².